The zero-order valence-electron chi connectivity index (χ0n) is 10.8. The van der Waals surface area contributed by atoms with Crippen LogP contribution in [0.25, 0.3) is 0 Å². The van der Waals surface area contributed by atoms with Crippen LogP contribution in [0.2, 0.25) is 0 Å². The van der Waals surface area contributed by atoms with Crippen LogP contribution in [-0.2, 0) is 0 Å². The Morgan fingerprint density at radius 1 is 1.30 bits per heavy atom. The Bertz CT molecular complexity index is 532. The summed E-state index contributed by atoms with van der Waals surface area (Å²) in [4.78, 5) is 30.1. The van der Waals surface area contributed by atoms with Crippen LogP contribution >= 0.6 is 11.3 Å². The molecular formula is C13H14N4O2S. The second-order valence-corrected chi connectivity index (χ2v) is 5.63. The van der Waals surface area contributed by atoms with Crippen LogP contribution in [0.5, 0.6) is 0 Å². The van der Waals surface area contributed by atoms with Crippen LogP contribution in [0.3, 0.4) is 0 Å². The molecule has 0 atom stereocenters. The molecule has 7 heteroatoms. The van der Waals surface area contributed by atoms with Gasteiger partial charge < -0.3 is 4.90 Å². The van der Waals surface area contributed by atoms with Gasteiger partial charge in [0.25, 0.3) is 5.91 Å². The minimum Gasteiger partial charge on any atom is -0.337 e. The molecular weight excluding hydrogens is 276 g/mol. The van der Waals surface area contributed by atoms with E-state index in [1.807, 2.05) is 5.38 Å². The predicted octanol–water partition coefficient (Wildman–Crippen LogP) is 1.60. The molecule has 1 saturated heterocycles. The maximum absolute atomic E-state index is 12.2. The van der Waals surface area contributed by atoms with Crippen molar-refractivity contribution in [2.75, 3.05) is 13.1 Å². The highest BCUT2D eigenvalue weighted by Gasteiger charge is 2.29. The predicted molar refractivity (Wildman–Crippen MR) is 73.7 cm³/mol. The van der Waals surface area contributed by atoms with Crippen LogP contribution in [0.4, 0.5) is 0 Å². The monoisotopic (exact) mass is 290 g/mol. The molecule has 2 aromatic heterocycles. The fourth-order valence-corrected chi connectivity index (χ4v) is 3.07. The zero-order valence-corrected chi connectivity index (χ0v) is 11.6. The van der Waals surface area contributed by atoms with E-state index in [4.69, 9.17) is 0 Å². The minimum atomic E-state index is -0.0531. The van der Waals surface area contributed by atoms with Gasteiger partial charge in [-0.3, -0.25) is 14.7 Å². The van der Waals surface area contributed by atoms with Crippen LogP contribution in [0.15, 0.2) is 23.8 Å². The van der Waals surface area contributed by atoms with E-state index in [-0.39, 0.29) is 17.6 Å². The highest BCUT2D eigenvalue weighted by Crippen LogP contribution is 2.23. The Kier molecular flexibility index (Phi) is 3.60. The topological polar surface area (TPSA) is 79.0 Å². The summed E-state index contributed by atoms with van der Waals surface area (Å²) < 4.78 is 0. The first-order chi connectivity index (χ1) is 9.75. The molecule has 0 saturated carbocycles. The number of amides is 1. The van der Waals surface area contributed by atoms with Crippen molar-refractivity contribution in [1.82, 2.24) is 20.1 Å². The lowest BCUT2D eigenvalue weighted by molar-refractivity contribution is 0.0645. The first kappa shape index (κ1) is 13.0. The number of likely N-dealkylation sites (tertiary alicyclic amines) is 1. The molecule has 0 bridgehead atoms. The van der Waals surface area contributed by atoms with Gasteiger partial charge in [-0.1, -0.05) is 0 Å². The molecule has 0 radical (unpaired) electrons. The Labute approximate surface area is 119 Å². The molecule has 104 valence electrons. The van der Waals surface area contributed by atoms with Crippen molar-refractivity contribution in [2.45, 2.75) is 12.8 Å². The summed E-state index contributed by atoms with van der Waals surface area (Å²) in [5.41, 5.74) is 0.495. The van der Waals surface area contributed by atoms with Gasteiger partial charge in [0.05, 0.1) is 0 Å². The summed E-state index contributed by atoms with van der Waals surface area (Å²) in [6.45, 7) is 1.19. The SMILES string of the molecule is O=C(c1nccs1)C1CCN(C(=O)c2ccn[nH]2)CC1. The number of nitrogens with one attached hydrogen (secondary N) is 1. The highest BCUT2D eigenvalue weighted by molar-refractivity contribution is 7.11. The second kappa shape index (κ2) is 5.54. The number of piperidine rings is 1. The Balaban J connectivity index is 1.60. The number of hydrogen-bond acceptors (Lipinski definition) is 5. The third kappa shape index (κ3) is 2.49. The van der Waals surface area contributed by atoms with Crippen molar-refractivity contribution in [3.8, 4) is 0 Å². The van der Waals surface area contributed by atoms with E-state index in [0.717, 1.165) is 0 Å². The van der Waals surface area contributed by atoms with E-state index >= 15 is 0 Å². The quantitative estimate of drug-likeness (QED) is 0.871. The molecule has 1 aliphatic rings. The molecule has 1 amide bonds. The molecule has 3 rings (SSSR count). The number of ketones is 1. The fourth-order valence-electron chi connectivity index (χ4n) is 2.41. The molecule has 0 spiro atoms. The van der Waals surface area contributed by atoms with E-state index in [0.29, 0.717) is 36.6 Å². The number of hydrogen-bond donors (Lipinski definition) is 1. The minimum absolute atomic E-state index is 0.0213. The molecule has 1 fully saturated rings. The molecule has 1 N–H and O–H groups in total. The van der Waals surface area contributed by atoms with Gasteiger partial charge in [0.15, 0.2) is 10.8 Å². The number of Topliss-reactive ketones (excluding diaryl/α,β-unsaturated/α-hetero) is 1. The van der Waals surface area contributed by atoms with Gasteiger partial charge in [0.2, 0.25) is 0 Å². The van der Waals surface area contributed by atoms with Crippen molar-refractivity contribution < 1.29 is 9.59 Å². The molecule has 3 heterocycles. The average Bonchev–Trinajstić information content (AvgIpc) is 3.18. The summed E-state index contributed by atoms with van der Waals surface area (Å²) in [5, 5.41) is 8.84. The van der Waals surface area contributed by atoms with Crippen LogP contribution < -0.4 is 0 Å². The normalized spacial score (nSPS) is 16.3. The van der Waals surface area contributed by atoms with Crippen LogP contribution in [0.1, 0.15) is 33.1 Å². The molecule has 0 unspecified atom stereocenters. The number of nitrogens with zero attached hydrogens (tertiary/aromatic N) is 3. The van der Waals surface area contributed by atoms with E-state index < -0.39 is 0 Å². The van der Waals surface area contributed by atoms with Crippen LogP contribution in [0, 0.1) is 5.92 Å². The maximum atomic E-state index is 12.2. The van der Waals surface area contributed by atoms with E-state index in [2.05, 4.69) is 15.2 Å². The molecule has 6 nitrogen and oxygen atoms in total. The standard InChI is InChI=1S/C13H14N4O2S/c18-11(12-14-5-8-20-12)9-2-6-17(7-3-9)13(19)10-1-4-15-16-10/h1,4-5,8-9H,2-3,6-7H2,(H,15,16). The fraction of sp³-hybridized carbons (Fsp3) is 0.385. The average molecular weight is 290 g/mol. The van der Waals surface area contributed by atoms with Gasteiger partial charge in [-0.15, -0.1) is 11.3 Å². The summed E-state index contributed by atoms with van der Waals surface area (Å²) in [5.74, 6) is 0.0308. The molecule has 1 aliphatic heterocycles. The largest absolute Gasteiger partial charge is 0.337 e. The Morgan fingerprint density at radius 3 is 2.70 bits per heavy atom. The Hall–Kier alpha value is -2.02. The van der Waals surface area contributed by atoms with Gasteiger partial charge in [-0.2, -0.15) is 5.10 Å². The first-order valence-electron chi connectivity index (χ1n) is 6.48. The number of carbonyl (C=O) groups excluding carboxylic acids is 2. The molecule has 0 aromatic carbocycles. The molecule has 20 heavy (non-hydrogen) atoms. The van der Waals surface area contributed by atoms with E-state index in [1.165, 1.54) is 11.3 Å². The summed E-state index contributed by atoms with van der Waals surface area (Å²) in [6.07, 6.45) is 4.59. The number of aromatic nitrogens is 3. The van der Waals surface area contributed by atoms with E-state index in [1.54, 1.807) is 23.4 Å². The smallest absolute Gasteiger partial charge is 0.271 e. The van der Waals surface area contributed by atoms with Gasteiger partial charge in [0, 0.05) is 36.8 Å². The van der Waals surface area contributed by atoms with Crippen molar-refractivity contribution in [3.05, 3.63) is 34.5 Å². The highest BCUT2D eigenvalue weighted by atomic mass is 32.1. The van der Waals surface area contributed by atoms with Gasteiger partial charge in [0.1, 0.15) is 5.69 Å². The van der Waals surface area contributed by atoms with Crippen LogP contribution in [-0.4, -0.2) is 44.9 Å². The lowest BCUT2D eigenvalue weighted by Crippen LogP contribution is -2.40. The summed E-state index contributed by atoms with van der Waals surface area (Å²) >= 11 is 1.38. The molecule has 0 aliphatic carbocycles. The number of H-pyrrole nitrogens is 1. The van der Waals surface area contributed by atoms with Gasteiger partial charge >= 0.3 is 0 Å². The summed E-state index contributed by atoms with van der Waals surface area (Å²) in [6, 6.07) is 1.66. The number of rotatable bonds is 3. The van der Waals surface area contributed by atoms with Crippen molar-refractivity contribution in [1.29, 1.82) is 0 Å². The van der Waals surface area contributed by atoms with Gasteiger partial charge in [-0.25, -0.2) is 4.98 Å². The van der Waals surface area contributed by atoms with Crippen molar-refractivity contribution in [3.63, 3.8) is 0 Å². The number of aromatic amines is 1. The van der Waals surface area contributed by atoms with Gasteiger partial charge in [-0.05, 0) is 18.9 Å². The van der Waals surface area contributed by atoms with Crippen molar-refractivity contribution in [2.24, 2.45) is 5.92 Å². The lowest BCUT2D eigenvalue weighted by Gasteiger charge is -2.30. The Morgan fingerprint density at radius 2 is 2.10 bits per heavy atom. The maximum Gasteiger partial charge on any atom is 0.271 e. The lowest BCUT2D eigenvalue weighted by atomic mass is 9.92. The number of carbonyl (C=O) groups is 2. The molecule has 2 aromatic rings. The summed E-state index contributed by atoms with van der Waals surface area (Å²) in [7, 11) is 0. The van der Waals surface area contributed by atoms with Crippen molar-refractivity contribution >= 4 is 23.0 Å². The zero-order chi connectivity index (χ0) is 13.9. The third-order valence-corrected chi connectivity index (χ3v) is 4.31. The first-order valence-corrected chi connectivity index (χ1v) is 7.36. The number of thiazole rings is 1. The third-order valence-electron chi connectivity index (χ3n) is 3.53. The second-order valence-electron chi connectivity index (χ2n) is 4.74. The van der Waals surface area contributed by atoms with E-state index in [9.17, 15) is 9.59 Å².